The summed E-state index contributed by atoms with van der Waals surface area (Å²) in [5.41, 5.74) is 0. The number of piperazine rings is 1. The predicted octanol–water partition coefficient (Wildman–Crippen LogP) is -0.753. The van der Waals surface area contributed by atoms with Crippen molar-refractivity contribution >= 4 is 10.0 Å². The minimum atomic E-state index is -3.08. The van der Waals surface area contributed by atoms with Gasteiger partial charge in [-0.15, -0.1) is 0 Å². The molecule has 0 aromatic rings. The van der Waals surface area contributed by atoms with Crippen molar-refractivity contribution in [2.75, 3.05) is 65.7 Å². The standard InChI is InChI=1S/C13H28N4O2S/c1-15(2)13-3-7-17(8-4-13)20(18,19)12-11-16-9-5-14-6-10-16/h13-14H,3-12H2,1-2H3. The lowest BCUT2D eigenvalue weighted by atomic mass is 10.1. The van der Waals surface area contributed by atoms with Crippen LogP contribution in [0.1, 0.15) is 12.8 Å². The van der Waals surface area contributed by atoms with E-state index in [0.717, 1.165) is 39.0 Å². The van der Waals surface area contributed by atoms with Gasteiger partial charge >= 0.3 is 0 Å². The summed E-state index contributed by atoms with van der Waals surface area (Å²) in [6.45, 7) is 5.86. The first-order valence-electron chi connectivity index (χ1n) is 7.56. The van der Waals surface area contributed by atoms with Crippen LogP contribution in [0.25, 0.3) is 0 Å². The topological polar surface area (TPSA) is 55.9 Å². The monoisotopic (exact) mass is 304 g/mol. The molecule has 0 bridgehead atoms. The largest absolute Gasteiger partial charge is 0.314 e. The molecule has 2 aliphatic heterocycles. The van der Waals surface area contributed by atoms with Crippen LogP contribution in [0.2, 0.25) is 0 Å². The minimum absolute atomic E-state index is 0.264. The number of nitrogens with one attached hydrogen (secondary N) is 1. The summed E-state index contributed by atoms with van der Waals surface area (Å²) in [5, 5.41) is 3.28. The maximum atomic E-state index is 12.4. The molecule has 6 nitrogen and oxygen atoms in total. The van der Waals surface area contributed by atoms with Crippen LogP contribution in [0.4, 0.5) is 0 Å². The zero-order chi connectivity index (χ0) is 14.6. The number of rotatable bonds is 5. The van der Waals surface area contributed by atoms with Gasteiger partial charge < -0.3 is 10.2 Å². The van der Waals surface area contributed by atoms with Crippen LogP contribution in [0.5, 0.6) is 0 Å². The molecule has 2 saturated heterocycles. The molecular weight excluding hydrogens is 276 g/mol. The molecule has 2 fully saturated rings. The van der Waals surface area contributed by atoms with Gasteiger partial charge in [0.25, 0.3) is 0 Å². The zero-order valence-electron chi connectivity index (χ0n) is 12.7. The van der Waals surface area contributed by atoms with Crippen molar-refractivity contribution in [3.8, 4) is 0 Å². The average molecular weight is 304 g/mol. The molecule has 0 unspecified atom stereocenters. The molecule has 7 heteroatoms. The van der Waals surface area contributed by atoms with Gasteiger partial charge in [0.15, 0.2) is 0 Å². The molecule has 2 aliphatic rings. The van der Waals surface area contributed by atoms with Gasteiger partial charge in [-0.3, -0.25) is 4.90 Å². The Morgan fingerprint density at radius 2 is 1.70 bits per heavy atom. The summed E-state index contributed by atoms with van der Waals surface area (Å²) >= 11 is 0. The van der Waals surface area contributed by atoms with E-state index >= 15 is 0 Å². The van der Waals surface area contributed by atoms with Gasteiger partial charge in [-0.1, -0.05) is 0 Å². The number of piperidine rings is 1. The van der Waals surface area contributed by atoms with Crippen molar-refractivity contribution in [3.05, 3.63) is 0 Å². The van der Waals surface area contributed by atoms with E-state index in [0.29, 0.717) is 25.7 Å². The summed E-state index contributed by atoms with van der Waals surface area (Å²) in [5.74, 6) is 0.264. The minimum Gasteiger partial charge on any atom is -0.314 e. The van der Waals surface area contributed by atoms with Gasteiger partial charge in [0.05, 0.1) is 5.75 Å². The highest BCUT2D eigenvalue weighted by atomic mass is 32.2. The molecule has 0 aromatic heterocycles. The Hall–Kier alpha value is -0.210. The van der Waals surface area contributed by atoms with Crippen LogP contribution in [0, 0.1) is 0 Å². The van der Waals surface area contributed by atoms with E-state index in [9.17, 15) is 8.42 Å². The Balaban J connectivity index is 1.78. The Labute approximate surface area is 123 Å². The van der Waals surface area contributed by atoms with Gasteiger partial charge in [-0.05, 0) is 26.9 Å². The Morgan fingerprint density at radius 1 is 1.10 bits per heavy atom. The highest BCUT2D eigenvalue weighted by molar-refractivity contribution is 7.89. The molecule has 118 valence electrons. The molecule has 0 amide bonds. The van der Waals surface area contributed by atoms with Crippen molar-refractivity contribution in [1.29, 1.82) is 0 Å². The molecule has 0 atom stereocenters. The van der Waals surface area contributed by atoms with Gasteiger partial charge in [0.2, 0.25) is 10.0 Å². The van der Waals surface area contributed by atoms with E-state index in [1.54, 1.807) is 4.31 Å². The normalized spacial score (nSPS) is 24.4. The van der Waals surface area contributed by atoms with Crippen molar-refractivity contribution < 1.29 is 8.42 Å². The molecule has 1 N–H and O–H groups in total. The van der Waals surface area contributed by atoms with E-state index in [-0.39, 0.29) is 5.75 Å². The summed E-state index contributed by atoms with van der Waals surface area (Å²) in [6.07, 6.45) is 1.89. The maximum absolute atomic E-state index is 12.4. The van der Waals surface area contributed by atoms with Gasteiger partial charge in [-0.25, -0.2) is 12.7 Å². The summed E-state index contributed by atoms with van der Waals surface area (Å²) in [6, 6.07) is 0.523. The first kappa shape index (κ1) is 16.2. The fourth-order valence-corrected chi connectivity index (χ4v) is 4.46. The SMILES string of the molecule is CN(C)C1CCN(S(=O)(=O)CCN2CCNCC2)CC1. The van der Waals surface area contributed by atoms with E-state index in [1.807, 2.05) is 0 Å². The third-order valence-electron chi connectivity index (χ3n) is 4.42. The Kier molecular flexibility index (Phi) is 5.80. The second kappa shape index (κ2) is 7.17. The molecule has 0 spiro atoms. The van der Waals surface area contributed by atoms with Crippen molar-refractivity contribution in [3.63, 3.8) is 0 Å². The van der Waals surface area contributed by atoms with E-state index in [1.165, 1.54) is 0 Å². The first-order valence-corrected chi connectivity index (χ1v) is 9.17. The number of hydrogen-bond acceptors (Lipinski definition) is 5. The van der Waals surface area contributed by atoms with Crippen LogP contribution in [-0.2, 0) is 10.0 Å². The summed E-state index contributed by atoms with van der Waals surface area (Å²) in [4.78, 5) is 4.44. The van der Waals surface area contributed by atoms with Crippen LogP contribution in [0.15, 0.2) is 0 Å². The second-order valence-corrected chi connectivity index (χ2v) is 8.09. The molecule has 0 aromatic carbocycles. The summed E-state index contributed by atoms with van der Waals surface area (Å²) < 4.78 is 26.4. The second-order valence-electron chi connectivity index (χ2n) is 6.00. The van der Waals surface area contributed by atoms with Crippen LogP contribution >= 0.6 is 0 Å². The Morgan fingerprint density at radius 3 is 2.25 bits per heavy atom. The maximum Gasteiger partial charge on any atom is 0.215 e. The van der Waals surface area contributed by atoms with E-state index in [4.69, 9.17) is 0 Å². The molecule has 0 aliphatic carbocycles. The lowest BCUT2D eigenvalue weighted by Gasteiger charge is -2.35. The zero-order valence-corrected chi connectivity index (χ0v) is 13.5. The van der Waals surface area contributed by atoms with E-state index < -0.39 is 10.0 Å². The molecule has 2 rings (SSSR count). The van der Waals surface area contributed by atoms with Crippen molar-refractivity contribution in [2.45, 2.75) is 18.9 Å². The number of sulfonamides is 1. The highest BCUT2D eigenvalue weighted by Gasteiger charge is 2.28. The third-order valence-corrected chi connectivity index (χ3v) is 6.27. The molecular formula is C13H28N4O2S. The van der Waals surface area contributed by atoms with Gasteiger partial charge in [-0.2, -0.15) is 0 Å². The van der Waals surface area contributed by atoms with E-state index in [2.05, 4.69) is 29.2 Å². The quantitative estimate of drug-likeness (QED) is 0.724. The number of nitrogens with zero attached hydrogens (tertiary/aromatic N) is 3. The van der Waals surface area contributed by atoms with Crippen LogP contribution < -0.4 is 5.32 Å². The lowest BCUT2D eigenvalue weighted by molar-refractivity contribution is 0.195. The lowest BCUT2D eigenvalue weighted by Crippen LogP contribution is -2.48. The third kappa shape index (κ3) is 4.39. The molecule has 20 heavy (non-hydrogen) atoms. The average Bonchev–Trinajstić information content (AvgIpc) is 2.46. The van der Waals surface area contributed by atoms with Gasteiger partial charge in [0, 0.05) is 51.9 Å². The van der Waals surface area contributed by atoms with Crippen molar-refractivity contribution in [1.82, 2.24) is 19.4 Å². The number of hydrogen-bond donors (Lipinski definition) is 1. The predicted molar refractivity (Wildman–Crippen MR) is 81.4 cm³/mol. The molecule has 2 heterocycles. The summed E-state index contributed by atoms with van der Waals surface area (Å²) in [7, 11) is 1.06. The van der Waals surface area contributed by atoms with Crippen LogP contribution in [-0.4, -0.2) is 94.2 Å². The first-order chi connectivity index (χ1) is 9.49. The highest BCUT2D eigenvalue weighted by Crippen LogP contribution is 2.17. The van der Waals surface area contributed by atoms with Gasteiger partial charge in [0.1, 0.15) is 0 Å². The fourth-order valence-electron chi connectivity index (χ4n) is 2.95. The van der Waals surface area contributed by atoms with Crippen LogP contribution in [0.3, 0.4) is 0 Å². The van der Waals surface area contributed by atoms with Crippen molar-refractivity contribution in [2.24, 2.45) is 0 Å². The molecule has 0 saturated carbocycles. The smallest absolute Gasteiger partial charge is 0.215 e. The molecule has 0 radical (unpaired) electrons. The Bertz CT molecular complexity index is 385. The fraction of sp³-hybridized carbons (Fsp3) is 1.00.